The van der Waals surface area contributed by atoms with Gasteiger partial charge in [0.1, 0.15) is 11.6 Å². The lowest BCUT2D eigenvalue weighted by atomic mass is 10.3. The molecule has 0 unspecified atom stereocenters. The lowest BCUT2D eigenvalue weighted by molar-refractivity contribution is 0.385. The molecule has 0 radical (unpaired) electrons. The first-order valence-corrected chi connectivity index (χ1v) is 3.30. The number of hydrogen-bond acceptors (Lipinski definition) is 1. The van der Waals surface area contributed by atoms with Crippen LogP contribution >= 0.6 is 11.6 Å². The van der Waals surface area contributed by atoms with Crippen molar-refractivity contribution in [2.75, 3.05) is 6.07 Å². The molecule has 1 rings (SSSR count). The van der Waals surface area contributed by atoms with Gasteiger partial charge >= 0.3 is 0 Å². The molecule has 0 spiro atoms. The van der Waals surface area contributed by atoms with Crippen LogP contribution in [0.5, 0.6) is 5.75 Å². The molecular formula is C7H6ClFO. The minimum absolute atomic E-state index is 0.0451. The van der Waals surface area contributed by atoms with E-state index < -0.39 is 0 Å². The van der Waals surface area contributed by atoms with Gasteiger partial charge in [0.25, 0.3) is 0 Å². The Morgan fingerprint density at radius 1 is 1.50 bits per heavy atom. The highest BCUT2D eigenvalue weighted by Crippen LogP contribution is 2.11. The average molecular weight is 161 g/mol. The van der Waals surface area contributed by atoms with Crippen LogP contribution in [0.2, 0.25) is 0 Å². The zero-order valence-corrected chi connectivity index (χ0v) is 5.94. The third kappa shape index (κ3) is 1.88. The van der Waals surface area contributed by atoms with Crippen molar-refractivity contribution in [3.63, 3.8) is 0 Å². The van der Waals surface area contributed by atoms with Gasteiger partial charge in [-0.1, -0.05) is 17.7 Å². The fourth-order valence-electron chi connectivity index (χ4n) is 0.620. The Morgan fingerprint density at radius 3 is 2.90 bits per heavy atom. The Morgan fingerprint density at radius 2 is 2.30 bits per heavy atom. The quantitative estimate of drug-likeness (QED) is 0.604. The molecule has 0 atom stereocenters. The van der Waals surface area contributed by atoms with Crippen LogP contribution in [0.25, 0.3) is 0 Å². The molecule has 0 aliphatic rings. The summed E-state index contributed by atoms with van der Waals surface area (Å²) in [6.45, 7) is 0. The second kappa shape index (κ2) is 3.42. The summed E-state index contributed by atoms with van der Waals surface area (Å²) in [6, 6.07) is 5.88. The monoisotopic (exact) mass is 160 g/mol. The van der Waals surface area contributed by atoms with E-state index in [0.29, 0.717) is 5.75 Å². The van der Waals surface area contributed by atoms with Gasteiger partial charge in [0.05, 0.1) is 0 Å². The Bertz CT molecular complexity index is 215. The van der Waals surface area contributed by atoms with Crippen molar-refractivity contribution in [2.45, 2.75) is 0 Å². The van der Waals surface area contributed by atoms with Crippen molar-refractivity contribution in [1.29, 1.82) is 0 Å². The topological polar surface area (TPSA) is 9.23 Å². The van der Waals surface area contributed by atoms with Crippen LogP contribution in [-0.2, 0) is 0 Å². The van der Waals surface area contributed by atoms with Crippen molar-refractivity contribution in [3.05, 3.63) is 30.1 Å². The second-order valence-corrected chi connectivity index (χ2v) is 1.93. The number of alkyl halides is 1. The van der Waals surface area contributed by atoms with Crippen LogP contribution in [0, 0.1) is 5.82 Å². The minimum atomic E-state index is -0.317. The molecule has 0 bridgehead atoms. The number of hydrogen-bond donors (Lipinski definition) is 0. The maximum atomic E-state index is 12.4. The van der Waals surface area contributed by atoms with Gasteiger partial charge in [-0.3, -0.25) is 0 Å². The number of benzene rings is 1. The zero-order valence-electron chi connectivity index (χ0n) is 5.18. The van der Waals surface area contributed by atoms with E-state index in [1.165, 1.54) is 12.1 Å². The number of ether oxygens (including phenoxy) is 1. The van der Waals surface area contributed by atoms with E-state index in [4.69, 9.17) is 16.3 Å². The fraction of sp³-hybridized carbons (Fsp3) is 0.143. The summed E-state index contributed by atoms with van der Waals surface area (Å²) in [5.74, 6) is 0.137. The minimum Gasteiger partial charge on any atom is -0.478 e. The smallest absolute Gasteiger partial charge is 0.162 e. The maximum Gasteiger partial charge on any atom is 0.162 e. The first-order valence-electron chi connectivity index (χ1n) is 2.77. The molecule has 0 N–H and O–H groups in total. The predicted molar refractivity (Wildman–Crippen MR) is 37.7 cm³/mol. The highest BCUT2D eigenvalue weighted by atomic mass is 35.5. The van der Waals surface area contributed by atoms with E-state index in [1.807, 2.05) is 0 Å². The normalized spacial score (nSPS) is 9.40. The van der Waals surface area contributed by atoms with E-state index in [9.17, 15) is 4.39 Å². The molecule has 10 heavy (non-hydrogen) atoms. The highest BCUT2D eigenvalue weighted by Gasteiger charge is 1.92. The molecule has 0 aliphatic carbocycles. The molecule has 3 heteroatoms. The summed E-state index contributed by atoms with van der Waals surface area (Å²) < 4.78 is 17.2. The molecule has 0 fully saturated rings. The summed E-state index contributed by atoms with van der Waals surface area (Å²) in [5, 5.41) is 0. The predicted octanol–water partition coefficient (Wildman–Crippen LogP) is 2.40. The van der Waals surface area contributed by atoms with Crippen molar-refractivity contribution < 1.29 is 9.13 Å². The molecule has 0 aliphatic heterocycles. The van der Waals surface area contributed by atoms with Gasteiger partial charge in [-0.25, -0.2) is 4.39 Å². The average Bonchev–Trinajstić information content (AvgIpc) is 1.88. The summed E-state index contributed by atoms with van der Waals surface area (Å²) in [7, 11) is 0. The van der Waals surface area contributed by atoms with Gasteiger partial charge in [-0.05, 0) is 12.1 Å². The van der Waals surface area contributed by atoms with Crippen LogP contribution in [0.15, 0.2) is 24.3 Å². The van der Waals surface area contributed by atoms with Gasteiger partial charge < -0.3 is 4.74 Å². The number of rotatable bonds is 2. The molecule has 1 aromatic rings. The van der Waals surface area contributed by atoms with Gasteiger partial charge in [0.15, 0.2) is 6.07 Å². The van der Waals surface area contributed by atoms with Crippen LogP contribution < -0.4 is 4.74 Å². The Balaban J connectivity index is 2.75. The lowest BCUT2D eigenvalue weighted by Gasteiger charge is -1.99. The van der Waals surface area contributed by atoms with E-state index in [0.717, 1.165) is 0 Å². The van der Waals surface area contributed by atoms with Crippen molar-refractivity contribution >= 4 is 11.6 Å². The highest BCUT2D eigenvalue weighted by molar-refractivity contribution is 6.17. The fourth-order valence-corrected chi connectivity index (χ4v) is 0.746. The van der Waals surface area contributed by atoms with Crippen LogP contribution in [0.3, 0.4) is 0 Å². The second-order valence-electron chi connectivity index (χ2n) is 1.71. The third-order valence-corrected chi connectivity index (χ3v) is 1.13. The molecule has 54 valence electrons. The molecule has 1 nitrogen and oxygen atoms in total. The Labute approximate surface area is 63.4 Å². The molecular weight excluding hydrogens is 155 g/mol. The largest absolute Gasteiger partial charge is 0.478 e. The van der Waals surface area contributed by atoms with Crippen LogP contribution in [0.1, 0.15) is 0 Å². The molecule has 0 aromatic heterocycles. The molecule has 0 heterocycles. The summed E-state index contributed by atoms with van der Waals surface area (Å²) in [4.78, 5) is 0. The van der Waals surface area contributed by atoms with Gasteiger partial charge in [0, 0.05) is 6.07 Å². The summed E-state index contributed by atoms with van der Waals surface area (Å²) in [6.07, 6.45) is 0. The van der Waals surface area contributed by atoms with Crippen molar-refractivity contribution in [3.8, 4) is 5.75 Å². The Kier molecular flexibility index (Phi) is 2.51. The molecule has 0 saturated carbocycles. The van der Waals surface area contributed by atoms with Crippen molar-refractivity contribution in [2.24, 2.45) is 0 Å². The van der Waals surface area contributed by atoms with E-state index in [-0.39, 0.29) is 11.9 Å². The lowest BCUT2D eigenvalue weighted by Crippen LogP contribution is -1.88. The number of halogens is 2. The van der Waals surface area contributed by atoms with E-state index in [2.05, 4.69) is 0 Å². The van der Waals surface area contributed by atoms with E-state index >= 15 is 0 Å². The van der Waals surface area contributed by atoms with E-state index in [1.54, 1.807) is 12.1 Å². The first-order chi connectivity index (χ1) is 4.83. The van der Waals surface area contributed by atoms with Gasteiger partial charge in [-0.15, -0.1) is 0 Å². The third-order valence-electron chi connectivity index (χ3n) is 1.02. The summed E-state index contributed by atoms with van der Waals surface area (Å²) >= 11 is 5.24. The summed E-state index contributed by atoms with van der Waals surface area (Å²) in [5.41, 5.74) is 0. The van der Waals surface area contributed by atoms with Gasteiger partial charge in [-0.2, -0.15) is 0 Å². The molecule has 0 amide bonds. The molecule has 0 saturated heterocycles. The zero-order chi connectivity index (χ0) is 7.40. The Hall–Kier alpha value is -0.760. The van der Waals surface area contributed by atoms with Crippen LogP contribution in [0.4, 0.5) is 4.39 Å². The van der Waals surface area contributed by atoms with Crippen LogP contribution in [-0.4, -0.2) is 6.07 Å². The molecule has 1 aromatic carbocycles. The SMILES string of the molecule is Fc1cccc(OCCl)c1. The maximum absolute atomic E-state index is 12.4. The first kappa shape index (κ1) is 7.35. The standard InChI is InChI=1S/C7H6ClFO/c8-5-10-7-3-1-2-6(9)4-7/h1-4H,5H2. The van der Waals surface area contributed by atoms with Gasteiger partial charge in [0.2, 0.25) is 0 Å². The van der Waals surface area contributed by atoms with Crippen molar-refractivity contribution in [1.82, 2.24) is 0 Å².